The summed E-state index contributed by atoms with van der Waals surface area (Å²) in [5.74, 6) is -2.04. The number of nitrogens with one attached hydrogen (secondary N) is 4. The first-order chi connectivity index (χ1) is 21.5. The number of unbranched alkanes of at least 4 members (excludes halogenated alkanes) is 1. The molecule has 0 aromatic heterocycles. The van der Waals surface area contributed by atoms with Gasteiger partial charge in [-0.2, -0.15) is 5.11 Å². The van der Waals surface area contributed by atoms with Gasteiger partial charge in [0.2, 0.25) is 11.6 Å². The van der Waals surface area contributed by atoms with Gasteiger partial charge in [0.25, 0.3) is 5.91 Å². The number of carbonyl (C=O) groups excluding carboxylic acids is 3. The molecule has 1 heterocycles. The molecule has 5 unspecified atom stereocenters. The number of aliphatic hydroxyl groups is 3. The van der Waals surface area contributed by atoms with Crippen LogP contribution in [0.15, 0.2) is 71.6 Å². The number of esters is 1. The number of rotatable bonds is 15. The fraction of sp³-hybridized carbons (Fsp3) is 0.452. The van der Waals surface area contributed by atoms with Gasteiger partial charge in [-0.1, -0.05) is 42.5 Å². The van der Waals surface area contributed by atoms with Crippen molar-refractivity contribution in [2.24, 2.45) is 10.8 Å². The molecular weight excluding hydrogens is 584 g/mol. The van der Waals surface area contributed by atoms with Crippen molar-refractivity contribution in [1.82, 2.24) is 16.0 Å². The zero-order valence-corrected chi connectivity index (χ0v) is 25.3. The van der Waals surface area contributed by atoms with E-state index in [1.54, 1.807) is 24.3 Å². The molecule has 1 aliphatic heterocycles. The Morgan fingerprint density at radius 2 is 1.80 bits per heavy atom. The van der Waals surface area contributed by atoms with Crippen molar-refractivity contribution >= 4 is 17.8 Å². The lowest BCUT2D eigenvalue weighted by Gasteiger charge is -2.47. The normalized spacial score (nSPS) is 22.9. The monoisotopic (exact) mass is 626 g/mol. The van der Waals surface area contributed by atoms with E-state index in [4.69, 9.17) is 20.7 Å². The highest BCUT2D eigenvalue weighted by atomic mass is 16.6. The summed E-state index contributed by atoms with van der Waals surface area (Å²) in [5.41, 5.74) is 13.4. The molecule has 0 saturated carbocycles. The maximum atomic E-state index is 13.0. The smallest absolute Gasteiger partial charge is 0.359 e. The lowest BCUT2D eigenvalue weighted by atomic mass is 9.87. The van der Waals surface area contributed by atoms with Gasteiger partial charge in [0, 0.05) is 31.7 Å². The van der Waals surface area contributed by atoms with E-state index < -0.39 is 66.9 Å². The molecule has 0 radical (unpaired) electrons. The molecule has 14 heteroatoms. The summed E-state index contributed by atoms with van der Waals surface area (Å²) in [5, 5.41) is 44.4. The van der Waals surface area contributed by atoms with E-state index in [1.165, 1.54) is 13.1 Å². The van der Waals surface area contributed by atoms with Crippen LogP contribution < -0.4 is 21.7 Å². The van der Waals surface area contributed by atoms with E-state index in [1.807, 2.05) is 30.3 Å². The minimum absolute atomic E-state index is 0.255. The number of allylic oxidation sites excluding steroid dienone is 1. The molecular formula is C31H42N6O8. The van der Waals surface area contributed by atoms with Crippen molar-refractivity contribution in [3.8, 4) is 11.1 Å². The molecule has 2 aromatic rings. The highest BCUT2D eigenvalue weighted by Crippen LogP contribution is 2.32. The Morgan fingerprint density at radius 3 is 2.40 bits per heavy atom. The second-order valence-electron chi connectivity index (χ2n) is 10.7. The molecule has 14 nitrogen and oxygen atoms in total. The highest BCUT2D eigenvalue weighted by molar-refractivity contribution is 5.94. The first-order valence-electron chi connectivity index (χ1n) is 14.6. The molecule has 0 aliphatic carbocycles. The fourth-order valence-corrected chi connectivity index (χ4v) is 5.03. The van der Waals surface area contributed by atoms with Crippen LogP contribution in [0, 0.1) is 5.53 Å². The Labute approximate surface area is 261 Å². The van der Waals surface area contributed by atoms with E-state index in [2.05, 4.69) is 21.1 Å². The van der Waals surface area contributed by atoms with Gasteiger partial charge >= 0.3 is 5.97 Å². The number of benzene rings is 2. The average Bonchev–Trinajstić information content (AvgIpc) is 3.05. The molecule has 1 fully saturated rings. The molecule has 1 aliphatic rings. The van der Waals surface area contributed by atoms with Crippen LogP contribution in [0.4, 0.5) is 0 Å². The van der Waals surface area contributed by atoms with Crippen LogP contribution in [0.2, 0.25) is 0 Å². The van der Waals surface area contributed by atoms with Gasteiger partial charge in [0.15, 0.2) is 0 Å². The van der Waals surface area contributed by atoms with Crippen molar-refractivity contribution in [2.75, 3.05) is 20.2 Å². The van der Waals surface area contributed by atoms with Crippen molar-refractivity contribution in [3.05, 3.63) is 72.1 Å². The molecule has 45 heavy (non-hydrogen) atoms. The predicted molar refractivity (Wildman–Crippen MR) is 163 cm³/mol. The summed E-state index contributed by atoms with van der Waals surface area (Å²) >= 11 is 0. The number of hydrogen-bond acceptors (Lipinski definition) is 12. The fourth-order valence-electron chi connectivity index (χ4n) is 5.03. The van der Waals surface area contributed by atoms with Gasteiger partial charge in [0.1, 0.15) is 12.2 Å². The van der Waals surface area contributed by atoms with Gasteiger partial charge in [-0.15, -0.1) is 0 Å². The Bertz CT molecular complexity index is 1330. The topological polar surface area (TPSA) is 229 Å². The number of aliphatic hydroxyl groups excluding tert-OH is 3. The molecule has 2 amide bonds. The third-order valence-electron chi connectivity index (χ3n) is 7.45. The van der Waals surface area contributed by atoms with Gasteiger partial charge in [-0.25, -0.2) is 10.3 Å². The summed E-state index contributed by atoms with van der Waals surface area (Å²) in [4.78, 5) is 37.8. The molecule has 2 aromatic carbocycles. The van der Waals surface area contributed by atoms with Crippen molar-refractivity contribution in [2.45, 2.75) is 68.8 Å². The Kier molecular flexibility index (Phi) is 13.1. The molecule has 244 valence electrons. The van der Waals surface area contributed by atoms with E-state index in [9.17, 15) is 29.7 Å². The summed E-state index contributed by atoms with van der Waals surface area (Å²) in [6.07, 6.45) is -3.95. The third kappa shape index (κ3) is 9.39. The number of ether oxygens (including phenoxy) is 2. The Hall–Kier alpha value is -4.21. The minimum Gasteiger partial charge on any atom is -0.465 e. The highest BCUT2D eigenvalue weighted by Gasteiger charge is 2.55. The maximum absolute atomic E-state index is 13.0. The number of hydrogen-bond donors (Lipinski definition) is 8. The lowest BCUT2D eigenvalue weighted by Crippen LogP contribution is -2.70. The van der Waals surface area contributed by atoms with Crippen LogP contribution in [0.3, 0.4) is 0 Å². The Balaban J connectivity index is 1.77. The number of nitrogens with two attached hydrogens (primary N) is 1. The standard InChI is InChI=1S/C31H42N6O8/c1-19(38)36-26-24(39)16-31(30(43)44-2,35-17-23(37-33)10-6-7-15-32)45-28(26)27(41)25(40)18-34-29(42)22-13-11-21(12-14-22)20-8-4-3-5-9-20/h3-5,8-9,11-14,17,24-28,33,35,39-41H,6-7,10,15-16,18,32H2,1-2H3,(H,34,42)(H,36,38)/b23-17-,37-33?/t24?,25-,26?,27?,28?,31?/m1/s1. The van der Waals surface area contributed by atoms with Gasteiger partial charge in [-0.3, -0.25) is 9.59 Å². The molecule has 9 N–H and O–H groups in total. The zero-order valence-electron chi connectivity index (χ0n) is 25.3. The van der Waals surface area contributed by atoms with E-state index in [-0.39, 0.29) is 5.70 Å². The summed E-state index contributed by atoms with van der Waals surface area (Å²) in [6, 6.07) is 15.2. The van der Waals surface area contributed by atoms with Crippen LogP contribution in [0.5, 0.6) is 0 Å². The van der Waals surface area contributed by atoms with E-state index in [0.717, 1.165) is 18.2 Å². The summed E-state index contributed by atoms with van der Waals surface area (Å²) in [6.45, 7) is 1.22. The largest absolute Gasteiger partial charge is 0.465 e. The van der Waals surface area contributed by atoms with E-state index in [0.29, 0.717) is 31.4 Å². The lowest BCUT2D eigenvalue weighted by molar-refractivity contribution is -0.235. The van der Waals surface area contributed by atoms with Crippen LogP contribution in [0.1, 0.15) is 43.0 Å². The minimum atomic E-state index is -2.08. The predicted octanol–water partition coefficient (Wildman–Crippen LogP) is 0.920. The first kappa shape index (κ1) is 35.3. The number of carbonyl (C=O) groups is 3. The molecule has 6 atom stereocenters. The van der Waals surface area contributed by atoms with Gasteiger partial charge < -0.3 is 46.5 Å². The average molecular weight is 627 g/mol. The number of methoxy groups -OCH3 is 1. The van der Waals surface area contributed by atoms with Crippen molar-refractivity contribution < 1.29 is 39.2 Å². The molecule has 1 saturated heterocycles. The van der Waals surface area contributed by atoms with E-state index >= 15 is 0 Å². The number of amides is 2. The van der Waals surface area contributed by atoms with Crippen LogP contribution in [0.25, 0.3) is 11.1 Å². The van der Waals surface area contributed by atoms with Crippen molar-refractivity contribution in [1.29, 1.82) is 5.53 Å². The zero-order chi connectivity index (χ0) is 33.0. The summed E-state index contributed by atoms with van der Waals surface area (Å²) < 4.78 is 10.9. The second kappa shape index (κ2) is 16.7. The van der Waals surface area contributed by atoms with Gasteiger partial charge in [-0.05, 0) is 49.1 Å². The SMILES string of the molecule is COC(=O)C1(N/C=C(/CCCCN)N=N)CC(O)C(NC(C)=O)C(C(O)[C@H](O)CNC(=O)c2ccc(-c3ccccc3)cc2)O1. The molecule has 0 spiro atoms. The quantitative estimate of drug-likeness (QED) is 0.0792. The van der Waals surface area contributed by atoms with Crippen LogP contribution in [-0.2, 0) is 19.1 Å². The third-order valence-corrected chi connectivity index (χ3v) is 7.45. The summed E-state index contributed by atoms with van der Waals surface area (Å²) in [7, 11) is 1.10. The van der Waals surface area contributed by atoms with Crippen LogP contribution in [-0.4, -0.2) is 89.5 Å². The molecule has 0 bridgehead atoms. The van der Waals surface area contributed by atoms with Crippen LogP contribution >= 0.6 is 0 Å². The Morgan fingerprint density at radius 1 is 1.13 bits per heavy atom. The van der Waals surface area contributed by atoms with Crippen molar-refractivity contribution in [3.63, 3.8) is 0 Å². The first-order valence-corrected chi connectivity index (χ1v) is 14.6. The second-order valence-corrected chi connectivity index (χ2v) is 10.7. The number of nitrogens with zero attached hydrogens (tertiary/aromatic N) is 1. The van der Waals surface area contributed by atoms with Gasteiger partial charge in [0.05, 0.1) is 31.1 Å². The maximum Gasteiger partial charge on any atom is 0.359 e. The molecule has 3 rings (SSSR count).